The number of ketones is 1. The summed E-state index contributed by atoms with van der Waals surface area (Å²) in [6.07, 6.45) is 5.91. The van der Waals surface area contributed by atoms with Gasteiger partial charge in [-0.3, -0.25) is 4.79 Å². The van der Waals surface area contributed by atoms with Gasteiger partial charge in [-0.2, -0.15) is 0 Å². The van der Waals surface area contributed by atoms with Crippen molar-refractivity contribution in [1.29, 1.82) is 0 Å². The molecule has 0 amide bonds. The molecule has 0 N–H and O–H groups in total. The molecule has 17 heavy (non-hydrogen) atoms. The first-order chi connectivity index (χ1) is 8.24. The molecule has 0 fully saturated rings. The average molecular weight is 266 g/mol. The van der Waals surface area contributed by atoms with E-state index in [1.165, 1.54) is 0 Å². The van der Waals surface area contributed by atoms with Crippen LogP contribution in [0.3, 0.4) is 0 Å². The van der Waals surface area contributed by atoms with E-state index in [4.69, 9.17) is 0 Å². The molecule has 0 atom stereocenters. The summed E-state index contributed by atoms with van der Waals surface area (Å²) >= 11 is 3.33. The summed E-state index contributed by atoms with van der Waals surface area (Å²) in [5.74, 6) is 0.172. The fourth-order valence-corrected chi connectivity index (χ4v) is 3.20. The SMILES string of the molecule is CCCC(C(=O)c1ccccc1)=C(SC)SC. The second-order valence-corrected chi connectivity index (χ2v) is 5.51. The molecule has 0 aliphatic carbocycles. The number of Topliss-reactive ketones (excluding diaryl/α,β-unsaturated/α-hetero) is 1. The molecule has 0 spiro atoms. The molecule has 0 saturated heterocycles. The van der Waals surface area contributed by atoms with Gasteiger partial charge in [-0.1, -0.05) is 43.7 Å². The molecule has 0 radical (unpaired) electrons. The minimum absolute atomic E-state index is 0.172. The molecule has 0 aliphatic rings. The maximum Gasteiger partial charge on any atom is 0.190 e. The Balaban J connectivity index is 3.08. The minimum Gasteiger partial charge on any atom is -0.289 e. The zero-order chi connectivity index (χ0) is 12.7. The van der Waals surface area contributed by atoms with E-state index in [0.29, 0.717) is 0 Å². The van der Waals surface area contributed by atoms with Crippen molar-refractivity contribution in [2.75, 3.05) is 12.5 Å². The fourth-order valence-electron chi connectivity index (χ4n) is 1.65. The predicted molar refractivity (Wildman–Crippen MR) is 79.7 cm³/mol. The standard InChI is InChI=1S/C14H18OS2/c1-4-8-12(14(16-2)17-3)13(15)11-9-6-5-7-10-11/h5-7,9-10H,4,8H2,1-3H3. The molecule has 0 saturated carbocycles. The Morgan fingerprint density at radius 2 is 1.71 bits per heavy atom. The van der Waals surface area contributed by atoms with E-state index in [1.54, 1.807) is 23.5 Å². The number of benzene rings is 1. The van der Waals surface area contributed by atoms with Gasteiger partial charge in [0.05, 0.1) is 0 Å². The maximum atomic E-state index is 12.4. The van der Waals surface area contributed by atoms with E-state index < -0.39 is 0 Å². The van der Waals surface area contributed by atoms with Crippen LogP contribution in [0.1, 0.15) is 30.1 Å². The summed E-state index contributed by atoms with van der Waals surface area (Å²) in [5, 5.41) is 0. The van der Waals surface area contributed by atoms with E-state index >= 15 is 0 Å². The van der Waals surface area contributed by atoms with Gasteiger partial charge in [-0.25, -0.2) is 0 Å². The number of thioether (sulfide) groups is 2. The van der Waals surface area contributed by atoms with Gasteiger partial charge in [-0.15, -0.1) is 23.5 Å². The van der Waals surface area contributed by atoms with Crippen molar-refractivity contribution in [1.82, 2.24) is 0 Å². The zero-order valence-corrected chi connectivity index (χ0v) is 12.2. The second kappa shape index (κ2) is 7.62. The van der Waals surface area contributed by atoms with Crippen LogP contribution in [-0.4, -0.2) is 18.3 Å². The topological polar surface area (TPSA) is 17.1 Å². The number of rotatable bonds is 6. The fraction of sp³-hybridized carbons (Fsp3) is 0.357. The normalized spacial score (nSPS) is 10.1. The predicted octanol–water partition coefficient (Wildman–Crippen LogP) is 4.61. The monoisotopic (exact) mass is 266 g/mol. The molecule has 0 bridgehead atoms. The number of hydrogen-bond donors (Lipinski definition) is 0. The van der Waals surface area contributed by atoms with E-state index in [2.05, 4.69) is 6.92 Å². The van der Waals surface area contributed by atoms with Gasteiger partial charge in [0.1, 0.15) is 0 Å². The first-order valence-electron chi connectivity index (χ1n) is 5.65. The Bertz CT molecular complexity index is 390. The van der Waals surface area contributed by atoms with Gasteiger partial charge in [0.15, 0.2) is 5.78 Å². The lowest BCUT2D eigenvalue weighted by atomic mass is 10.0. The lowest BCUT2D eigenvalue weighted by Gasteiger charge is -2.10. The second-order valence-electron chi connectivity index (χ2n) is 3.62. The van der Waals surface area contributed by atoms with Crippen molar-refractivity contribution in [3.05, 3.63) is 45.7 Å². The van der Waals surface area contributed by atoms with E-state index in [0.717, 1.165) is 28.2 Å². The first kappa shape index (κ1) is 14.4. The molecule has 3 heteroatoms. The molecule has 1 aromatic carbocycles. The largest absolute Gasteiger partial charge is 0.289 e. The molecule has 1 nitrogen and oxygen atoms in total. The van der Waals surface area contributed by atoms with Crippen molar-refractivity contribution < 1.29 is 4.79 Å². The van der Waals surface area contributed by atoms with Gasteiger partial charge < -0.3 is 0 Å². The van der Waals surface area contributed by atoms with Gasteiger partial charge in [0.2, 0.25) is 0 Å². The van der Waals surface area contributed by atoms with Crippen molar-refractivity contribution in [2.24, 2.45) is 0 Å². The third-order valence-corrected chi connectivity index (χ3v) is 4.66. The summed E-state index contributed by atoms with van der Waals surface area (Å²) in [6.45, 7) is 2.11. The lowest BCUT2D eigenvalue weighted by molar-refractivity contribution is 0.103. The van der Waals surface area contributed by atoms with Crippen LogP contribution < -0.4 is 0 Å². The van der Waals surface area contributed by atoms with Crippen LogP contribution in [-0.2, 0) is 0 Å². The Morgan fingerprint density at radius 1 is 1.12 bits per heavy atom. The van der Waals surface area contributed by atoms with Crippen molar-refractivity contribution >= 4 is 29.3 Å². The molecule has 0 heterocycles. The molecule has 92 valence electrons. The third-order valence-electron chi connectivity index (χ3n) is 2.43. The quantitative estimate of drug-likeness (QED) is 0.553. The van der Waals surface area contributed by atoms with Gasteiger partial charge >= 0.3 is 0 Å². The molecule has 0 unspecified atom stereocenters. The third kappa shape index (κ3) is 3.93. The minimum atomic E-state index is 0.172. The van der Waals surface area contributed by atoms with E-state index in [-0.39, 0.29) is 5.78 Å². The number of hydrogen-bond acceptors (Lipinski definition) is 3. The van der Waals surface area contributed by atoms with E-state index in [9.17, 15) is 4.79 Å². The maximum absolute atomic E-state index is 12.4. The Hall–Kier alpha value is -0.670. The molecule has 1 rings (SSSR count). The van der Waals surface area contributed by atoms with Gasteiger partial charge in [-0.05, 0) is 18.9 Å². The highest BCUT2D eigenvalue weighted by Crippen LogP contribution is 2.31. The number of carbonyl (C=O) groups excluding carboxylic acids is 1. The molecular weight excluding hydrogens is 248 g/mol. The highest BCUT2D eigenvalue weighted by atomic mass is 32.2. The van der Waals surface area contributed by atoms with Crippen LogP contribution in [0.5, 0.6) is 0 Å². The van der Waals surface area contributed by atoms with Gasteiger partial charge in [0, 0.05) is 15.4 Å². The highest BCUT2D eigenvalue weighted by molar-refractivity contribution is 8.21. The summed E-state index contributed by atoms with van der Waals surface area (Å²) in [7, 11) is 0. The Labute approximate surface area is 112 Å². The number of carbonyl (C=O) groups is 1. The molecular formula is C14H18OS2. The van der Waals surface area contributed by atoms with Crippen molar-refractivity contribution in [3.63, 3.8) is 0 Å². The average Bonchev–Trinajstić information content (AvgIpc) is 2.39. The summed E-state index contributed by atoms with van der Waals surface area (Å²) in [6, 6.07) is 9.53. The lowest BCUT2D eigenvalue weighted by Crippen LogP contribution is -2.05. The Morgan fingerprint density at radius 3 is 2.18 bits per heavy atom. The van der Waals surface area contributed by atoms with Crippen LogP contribution in [0.15, 0.2) is 40.1 Å². The van der Waals surface area contributed by atoms with E-state index in [1.807, 2.05) is 42.8 Å². The number of allylic oxidation sites excluding steroid dienone is 1. The van der Waals surface area contributed by atoms with Crippen LogP contribution in [0.2, 0.25) is 0 Å². The first-order valence-corrected chi connectivity index (χ1v) is 8.10. The molecule has 0 aromatic heterocycles. The van der Waals surface area contributed by atoms with Crippen molar-refractivity contribution in [2.45, 2.75) is 19.8 Å². The Kier molecular flexibility index (Phi) is 6.45. The van der Waals surface area contributed by atoms with Crippen LogP contribution >= 0.6 is 23.5 Å². The van der Waals surface area contributed by atoms with Crippen LogP contribution in [0, 0.1) is 0 Å². The highest BCUT2D eigenvalue weighted by Gasteiger charge is 2.15. The summed E-state index contributed by atoms with van der Waals surface area (Å²) < 4.78 is 1.14. The molecule has 1 aromatic rings. The van der Waals surface area contributed by atoms with Gasteiger partial charge in [0.25, 0.3) is 0 Å². The summed E-state index contributed by atoms with van der Waals surface area (Å²) in [4.78, 5) is 12.4. The smallest absolute Gasteiger partial charge is 0.190 e. The van der Waals surface area contributed by atoms with Crippen LogP contribution in [0.25, 0.3) is 0 Å². The molecule has 0 aliphatic heterocycles. The zero-order valence-electron chi connectivity index (χ0n) is 10.5. The summed E-state index contributed by atoms with van der Waals surface area (Å²) in [5.41, 5.74) is 1.75. The van der Waals surface area contributed by atoms with Crippen molar-refractivity contribution in [3.8, 4) is 0 Å². The van der Waals surface area contributed by atoms with Crippen LogP contribution in [0.4, 0.5) is 0 Å².